The van der Waals surface area contributed by atoms with Crippen LogP contribution in [0.4, 0.5) is 23.1 Å². The van der Waals surface area contributed by atoms with E-state index < -0.39 is 0 Å². The normalized spacial score (nSPS) is 15.2. The quantitative estimate of drug-likeness (QED) is 0.860. The van der Waals surface area contributed by atoms with Crippen LogP contribution < -0.4 is 15.1 Å². The summed E-state index contributed by atoms with van der Waals surface area (Å²) < 4.78 is 0. The summed E-state index contributed by atoms with van der Waals surface area (Å²) >= 11 is 0. The monoisotopic (exact) mass is 354 g/mol. The molecular weight excluding hydrogens is 324 g/mol. The van der Waals surface area contributed by atoms with Crippen LogP contribution in [0.2, 0.25) is 0 Å². The van der Waals surface area contributed by atoms with Gasteiger partial charge in [0, 0.05) is 62.4 Å². The highest BCUT2D eigenvalue weighted by molar-refractivity contribution is 5.60. The van der Waals surface area contributed by atoms with Crippen LogP contribution in [0.3, 0.4) is 0 Å². The van der Waals surface area contributed by atoms with E-state index in [2.05, 4.69) is 76.2 Å². The highest BCUT2D eigenvalue weighted by Crippen LogP contribution is 2.22. The molecule has 26 heavy (non-hydrogen) atoms. The van der Waals surface area contributed by atoms with Crippen molar-refractivity contribution in [1.29, 1.82) is 0 Å². The van der Waals surface area contributed by atoms with Gasteiger partial charge in [0.25, 0.3) is 0 Å². The predicted octanol–water partition coefficient (Wildman–Crippen LogP) is 3.13. The maximum atomic E-state index is 4.74. The molecule has 0 unspecified atom stereocenters. The standard InChI is InChI=1S/C20H30N6/c1-5-25(6-2)18-9-7-17(8-10-18)22-20-21-16(3)15-19(23-20)26-13-11-24(4)12-14-26/h7-10,15H,5-6,11-14H2,1-4H3,(H,21,22,23). The van der Waals surface area contributed by atoms with Gasteiger partial charge in [0.15, 0.2) is 0 Å². The second-order valence-corrected chi connectivity index (χ2v) is 6.83. The van der Waals surface area contributed by atoms with Gasteiger partial charge in [0.2, 0.25) is 5.95 Å². The van der Waals surface area contributed by atoms with Crippen molar-refractivity contribution in [2.75, 3.05) is 61.4 Å². The molecule has 1 aromatic carbocycles. The SMILES string of the molecule is CCN(CC)c1ccc(Nc2nc(C)cc(N3CCN(C)CC3)n2)cc1. The van der Waals surface area contributed by atoms with E-state index in [1.807, 2.05) is 6.92 Å². The Morgan fingerprint density at radius 1 is 1.00 bits per heavy atom. The number of rotatable bonds is 6. The summed E-state index contributed by atoms with van der Waals surface area (Å²) in [6, 6.07) is 10.5. The molecule has 0 radical (unpaired) electrons. The Hall–Kier alpha value is -2.34. The Balaban J connectivity index is 1.73. The lowest BCUT2D eigenvalue weighted by Crippen LogP contribution is -2.44. The van der Waals surface area contributed by atoms with Crippen molar-refractivity contribution in [3.8, 4) is 0 Å². The third kappa shape index (κ3) is 4.43. The fraction of sp³-hybridized carbons (Fsp3) is 0.500. The van der Waals surface area contributed by atoms with E-state index in [4.69, 9.17) is 4.98 Å². The van der Waals surface area contributed by atoms with Crippen LogP contribution in [0.1, 0.15) is 19.5 Å². The minimum Gasteiger partial charge on any atom is -0.372 e. The fourth-order valence-corrected chi connectivity index (χ4v) is 3.28. The summed E-state index contributed by atoms with van der Waals surface area (Å²) in [6.45, 7) is 12.5. The van der Waals surface area contributed by atoms with E-state index in [1.54, 1.807) is 0 Å². The van der Waals surface area contributed by atoms with Crippen molar-refractivity contribution < 1.29 is 0 Å². The van der Waals surface area contributed by atoms with Crippen LogP contribution in [0, 0.1) is 6.92 Å². The van der Waals surface area contributed by atoms with Gasteiger partial charge in [-0.15, -0.1) is 0 Å². The molecule has 6 heteroatoms. The summed E-state index contributed by atoms with van der Waals surface area (Å²) in [5, 5.41) is 3.36. The molecule has 0 spiro atoms. The van der Waals surface area contributed by atoms with E-state index in [0.29, 0.717) is 5.95 Å². The van der Waals surface area contributed by atoms with Gasteiger partial charge in [0.05, 0.1) is 0 Å². The van der Waals surface area contributed by atoms with Crippen LogP contribution in [0.5, 0.6) is 0 Å². The lowest BCUT2D eigenvalue weighted by atomic mass is 10.2. The van der Waals surface area contributed by atoms with Gasteiger partial charge in [0.1, 0.15) is 5.82 Å². The number of nitrogens with one attached hydrogen (secondary N) is 1. The summed E-state index contributed by atoms with van der Waals surface area (Å²) in [4.78, 5) is 16.3. The Bertz CT molecular complexity index is 703. The molecule has 0 aliphatic carbocycles. The fourth-order valence-electron chi connectivity index (χ4n) is 3.28. The number of benzene rings is 1. The van der Waals surface area contributed by atoms with Crippen molar-refractivity contribution >= 4 is 23.1 Å². The summed E-state index contributed by atoms with van der Waals surface area (Å²) in [7, 11) is 2.16. The molecule has 1 saturated heterocycles. The zero-order valence-electron chi connectivity index (χ0n) is 16.4. The van der Waals surface area contributed by atoms with Gasteiger partial charge in [-0.05, 0) is 52.1 Å². The number of piperazine rings is 1. The maximum absolute atomic E-state index is 4.74. The number of aryl methyl sites for hydroxylation is 1. The zero-order chi connectivity index (χ0) is 18.5. The van der Waals surface area contributed by atoms with Crippen molar-refractivity contribution in [1.82, 2.24) is 14.9 Å². The predicted molar refractivity (Wildman–Crippen MR) is 110 cm³/mol. The molecule has 6 nitrogen and oxygen atoms in total. The van der Waals surface area contributed by atoms with E-state index in [-0.39, 0.29) is 0 Å². The van der Waals surface area contributed by atoms with E-state index in [0.717, 1.165) is 56.5 Å². The average Bonchev–Trinajstić information content (AvgIpc) is 2.64. The highest BCUT2D eigenvalue weighted by Gasteiger charge is 2.16. The molecular formula is C20H30N6. The Kier molecular flexibility index (Phi) is 5.93. The topological polar surface area (TPSA) is 47.5 Å². The molecule has 2 aromatic rings. The molecule has 0 bridgehead atoms. The van der Waals surface area contributed by atoms with Crippen LogP contribution in [-0.2, 0) is 0 Å². The number of hydrogen-bond acceptors (Lipinski definition) is 6. The van der Waals surface area contributed by atoms with E-state index in [1.165, 1.54) is 5.69 Å². The molecule has 3 rings (SSSR count). The molecule has 1 aliphatic heterocycles. The first-order valence-corrected chi connectivity index (χ1v) is 9.50. The van der Waals surface area contributed by atoms with Crippen LogP contribution in [0.15, 0.2) is 30.3 Å². The van der Waals surface area contributed by atoms with Crippen LogP contribution >= 0.6 is 0 Å². The second-order valence-electron chi connectivity index (χ2n) is 6.83. The largest absolute Gasteiger partial charge is 0.372 e. The molecule has 2 heterocycles. The van der Waals surface area contributed by atoms with E-state index in [9.17, 15) is 0 Å². The van der Waals surface area contributed by atoms with Gasteiger partial charge < -0.3 is 20.0 Å². The Morgan fingerprint density at radius 3 is 2.27 bits per heavy atom. The van der Waals surface area contributed by atoms with Gasteiger partial charge in [-0.3, -0.25) is 0 Å². The smallest absolute Gasteiger partial charge is 0.229 e. The summed E-state index contributed by atoms with van der Waals surface area (Å²) in [6.07, 6.45) is 0. The second kappa shape index (κ2) is 8.36. The first kappa shape index (κ1) is 18.5. The highest BCUT2D eigenvalue weighted by atomic mass is 15.3. The summed E-state index contributed by atoms with van der Waals surface area (Å²) in [5.74, 6) is 1.67. The molecule has 1 aromatic heterocycles. The number of hydrogen-bond donors (Lipinski definition) is 1. The van der Waals surface area contributed by atoms with Gasteiger partial charge >= 0.3 is 0 Å². The van der Waals surface area contributed by atoms with Crippen LogP contribution in [0.25, 0.3) is 0 Å². The number of nitrogens with zero attached hydrogens (tertiary/aromatic N) is 5. The Labute approximate surface area is 156 Å². The first-order valence-electron chi connectivity index (χ1n) is 9.50. The van der Waals surface area contributed by atoms with Crippen molar-refractivity contribution in [3.63, 3.8) is 0 Å². The maximum Gasteiger partial charge on any atom is 0.229 e. The van der Waals surface area contributed by atoms with Crippen molar-refractivity contribution in [2.45, 2.75) is 20.8 Å². The van der Waals surface area contributed by atoms with Gasteiger partial charge in [-0.25, -0.2) is 4.98 Å². The lowest BCUT2D eigenvalue weighted by Gasteiger charge is -2.33. The van der Waals surface area contributed by atoms with Gasteiger partial charge in [-0.2, -0.15) is 4.98 Å². The van der Waals surface area contributed by atoms with Crippen molar-refractivity contribution in [2.24, 2.45) is 0 Å². The molecule has 0 amide bonds. The average molecular weight is 355 g/mol. The van der Waals surface area contributed by atoms with Crippen molar-refractivity contribution in [3.05, 3.63) is 36.0 Å². The minimum absolute atomic E-state index is 0.662. The molecule has 1 N–H and O–H groups in total. The molecule has 1 aliphatic rings. The minimum atomic E-state index is 0.662. The third-order valence-electron chi connectivity index (χ3n) is 4.92. The lowest BCUT2D eigenvalue weighted by molar-refractivity contribution is 0.312. The van der Waals surface area contributed by atoms with Crippen LogP contribution in [-0.4, -0.2) is 61.2 Å². The molecule has 140 valence electrons. The first-order chi connectivity index (χ1) is 12.6. The zero-order valence-corrected chi connectivity index (χ0v) is 16.4. The molecule has 0 saturated carbocycles. The van der Waals surface area contributed by atoms with E-state index >= 15 is 0 Å². The number of likely N-dealkylation sites (N-methyl/N-ethyl adjacent to an activating group) is 1. The summed E-state index contributed by atoms with van der Waals surface area (Å²) in [5.41, 5.74) is 3.23. The number of anilines is 4. The Morgan fingerprint density at radius 2 is 1.65 bits per heavy atom. The van der Waals surface area contributed by atoms with Gasteiger partial charge in [-0.1, -0.05) is 0 Å². The third-order valence-corrected chi connectivity index (χ3v) is 4.92. The molecule has 0 atom stereocenters. The number of aromatic nitrogens is 2. The molecule has 1 fully saturated rings.